The predicted octanol–water partition coefficient (Wildman–Crippen LogP) is 3.77. The second-order valence-electron chi connectivity index (χ2n) is 4.75. The van der Waals surface area contributed by atoms with Crippen LogP contribution in [0, 0.1) is 22.7 Å². The van der Waals surface area contributed by atoms with E-state index < -0.39 is 9.84 Å². The summed E-state index contributed by atoms with van der Waals surface area (Å²) >= 11 is 3.24. The molecule has 1 N–H and O–H groups in total. The van der Waals surface area contributed by atoms with Gasteiger partial charge in [-0.25, -0.2) is 8.42 Å². The quantitative estimate of drug-likeness (QED) is 0.769. The number of halogens is 1. The van der Waals surface area contributed by atoms with Crippen LogP contribution < -0.4 is 5.32 Å². The van der Waals surface area contributed by atoms with Crippen molar-refractivity contribution in [3.05, 3.63) is 69.7 Å². The van der Waals surface area contributed by atoms with E-state index in [0.717, 1.165) is 16.2 Å². The Morgan fingerprint density at radius 2 is 1.71 bits per heavy atom. The summed E-state index contributed by atoms with van der Waals surface area (Å²) < 4.78 is 25.7. The summed E-state index contributed by atoms with van der Waals surface area (Å²) in [6, 6.07) is 16.8. The molecule has 120 valence electrons. The maximum Gasteiger partial charge on any atom is 0.218 e. The average molecular weight is 402 g/mol. The fraction of sp³-hybridized carbons (Fsp3) is 0.0588. The first kappa shape index (κ1) is 17.7. The topological polar surface area (TPSA) is 93.8 Å². The smallest absolute Gasteiger partial charge is 0.218 e. The third kappa shape index (κ3) is 4.23. The van der Waals surface area contributed by atoms with Crippen molar-refractivity contribution >= 4 is 31.5 Å². The third-order valence-corrected chi connectivity index (χ3v) is 5.34. The van der Waals surface area contributed by atoms with Gasteiger partial charge in [0, 0.05) is 16.4 Å². The van der Waals surface area contributed by atoms with E-state index in [1.165, 1.54) is 12.1 Å². The molecule has 0 heterocycles. The molecule has 0 unspecified atom stereocenters. The zero-order chi connectivity index (χ0) is 17.6. The van der Waals surface area contributed by atoms with Gasteiger partial charge in [0.1, 0.15) is 6.07 Å². The van der Waals surface area contributed by atoms with Crippen LogP contribution in [0.3, 0.4) is 0 Å². The second-order valence-corrected chi connectivity index (χ2v) is 7.59. The van der Waals surface area contributed by atoms with Crippen molar-refractivity contribution in [2.24, 2.45) is 0 Å². The number of sulfone groups is 1. The van der Waals surface area contributed by atoms with E-state index in [9.17, 15) is 13.7 Å². The SMILES string of the molecule is N#CCc1ccc(NC=C(C#N)S(=O)(=O)c2ccc(Br)cc2)cc1. The molecule has 2 aromatic carbocycles. The maximum atomic E-state index is 12.5. The minimum atomic E-state index is -3.88. The van der Waals surface area contributed by atoms with Crippen molar-refractivity contribution in [3.63, 3.8) is 0 Å². The summed E-state index contributed by atoms with van der Waals surface area (Å²) in [5, 5.41) is 20.6. The highest BCUT2D eigenvalue weighted by molar-refractivity contribution is 9.10. The van der Waals surface area contributed by atoms with Gasteiger partial charge in [-0.1, -0.05) is 28.1 Å². The van der Waals surface area contributed by atoms with Gasteiger partial charge < -0.3 is 5.32 Å². The van der Waals surface area contributed by atoms with Gasteiger partial charge in [0.05, 0.1) is 17.4 Å². The molecule has 0 spiro atoms. The molecule has 24 heavy (non-hydrogen) atoms. The first-order valence-electron chi connectivity index (χ1n) is 6.80. The average Bonchev–Trinajstić information content (AvgIpc) is 2.57. The molecule has 2 rings (SSSR count). The predicted molar refractivity (Wildman–Crippen MR) is 94.4 cm³/mol. The molecule has 0 aliphatic heterocycles. The van der Waals surface area contributed by atoms with Crippen LogP contribution in [-0.4, -0.2) is 8.42 Å². The molecule has 0 radical (unpaired) electrons. The molecule has 0 saturated heterocycles. The number of nitriles is 2. The van der Waals surface area contributed by atoms with E-state index in [0.29, 0.717) is 12.1 Å². The first-order chi connectivity index (χ1) is 11.5. The van der Waals surface area contributed by atoms with Gasteiger partial charge in [-0.15, -0.1) is 0 Å². The second kappa shape index (κ2) is 7.78. The lowest BCUT2D eigenvalue weighted by Gasteiger charge is -2.05. The Morgan fingerprint density at radius 3 is 2.25 bits per heavy atom. The number of rotatable bonds is 5. The number of benzene rings is 2. The third-order valence-electron chi connectivity index (χ3n) is 3.13. The highest BCUT2D eigenvalue weighted by Crippen LogP contribution is 2.21. The molecule has 0 amide bonds. The number of hydrogen-bond acceptors (Lipinski definition) is 5. The summed E-state index contributed by atoms with van der Waals surface area (Å²) in [7, 11) is -3.88. The van der Waals surface area contributed by atoms with Crippen LogP contribution in [0.15, 0.2) is 69.0 Å². The van der Waals surface area contributed by atoms with Crippen LogP contribution in [0.5, 0.6) is 0 Å². The van der Waals surface area contributed by atoms with Crippen LogP contribution >= 0.6 is 15.9 Å². The number of nitrogens with zero attached hydrogens (tertiary/aromatic N) is 2. The molecule has 7 heteroatoms. The monoisotopic (exact) mass is 401 g/mol. The molecular weight excluding hydrogens is 390 g/mol. The van der Waals surface area contributed by atoms with Gasteiger partial charge in [0.2, 0.25) is 9.84 Å². The van der Waals surface area contributed by atoms with E-state index in [1.54, 1.807) is 42.5 Å². The van der Waals surface area contributed by atoms with Gasteiger partial charge >= 0.3 is 0 Å². The molecule has 0 aliphatic rings. The maximum absolute atomic E-state index is 12.5. The Labute approximate surface area is 148 Å². The fourth-order valence-corrected chi connectivity index (χ4v) is 3.22. The van der Waals surface area contributed by atoms with Crippen molar-refractivity contribution in [1.29, 1.82) is 10.5 Å². The summed E-state index contributed by atoms with van der Waals surface area (Å²) in [5.41, 5.74) is 1.48. The van der Waals surface area contributed by atoms with Crippen LogP contribution in [0.25, 0.3) is 0 Å². The zero-order valence-electron chi connectivity index (χ0n) is 12.4. The Morgan fingerprint density at radius 1 is 1.08 bits per heavy atom. The first-order valence-corrected chi connectivity index (χ1v) is 9.08. The lowest BCUT2D eigenvalue weighted by atomic mass is 10.1. The summed E-state index contributed by atoms with van der Waals surface area (Å²) in [6.45, 7) is 0. The van der Waals surface area contributed by atoms with Gasteiger partial charge in [0.25, 0.3) is 0 Å². The summed E-state index contributed by atoms with van der Waals surface area (Å²) in [6.07, 6.45) is 1.47. The molecule has 5 nitrogen and oxygen atoms in total. The molecule has 0 saturated carbocycles. The zero-order valence-corrected chi connectivity index (χ0v) is 14.8. The van der Waals surface area contributed by atoms with E-state index in [1.807, 2.05) is 6.07 Å². The van der Waals surface area contributed by atoms with Crippen molar-refractivity contribution in [2.45, 2.75) is 11.3 Å². The number of nitrogens with one attached hydrogen (secondary N) is 1. The highest BCUT2D eigenvalue weighted by atomic mass is 79.9. The number of allylic oxidation sites excluding steroid dienone is 1. The van der Waals surface area contributed by atoms with Gasteiger partial charge in [0.15, 0.2) is 4.91 Å². The van der Waals surface area contributed by atoms with Crippen LogP contribution in [0.4, 0.5) is 5.69 Å². The normalized spacial score (nSPS) is 11.4. The van der Waals surface area contributed by atoms with Gasteiger partial charge in [-0.05, 0) is 42.0 Å². The Hall–Kier alpha value is -2.61. The van der Waals surface area contributed by atoms with Crippen LogP contribution in [0.1, 0.15) is 5.56 Å². The lowest BCUT2D eigenvalue weighted by Crippen LogP contribution is -2.05. The Balaban J connectivity index is 2.24. The fourth-order valence-electron chi connectivity index (χ4n) is 1.87. The summed E-state index contributed by atoms with van der Waals surface area (Å²) in [5.74, 6) is 0. The van der Waals surface area contributed by atoms with Gasteiger partial charge in [-0.3, -0.25) is 0 Å². The molecule has 0 atom stereocenters. The molecule has 0 bridgehead atoms. The highest BCUT2D eigenvalue weighted by Gasteiger charge is 2.20. The molecular formula is C17H12BrN3O2S. The van der Waals surface area contributed by atoms with E-state index in [4.69, 9.17) is 5.26 Å². The van der Waals surface area contributed by atoms with E-state index in [2.05, 4.69) is 21.2 Å². The molecule has 0 fully saturated rings. The minimum absolute atomic E-state index is 0.0460. The molecule has 0 aromatic heterocycles. The minimum Gasteiger partial charge on any atom is -0.360 e. The largest absolute Gasteiger partial charge is 0.360 e. The van der Waals surface area contributed by atoms with Crippen molar-refractivity contribution in [3.8, 4) is 12.1 Å². The Bertz CT molecular complexity index is 935. The van der Waals surface area contributed by atoms with Crippen LogP contribution in [-0.2, 0) is 16.3 Å². The molecule has 2 aromatic rings. The standard InChI is InChI=1S/C17H12BrN3O2S/c18-14-3-7-16(8-4-14)24(22,23)17(11-20)12-21-15-5-1-13(2-6-15)9-10-19/h1-8,12,21H,9H2. The van der Waals surface area contributed by atoms with Gasteiger partial charge in [-0.2, -0.15) is 10.5 Å². The lowest BCUT2D eigenvalue weighted by molar-refractivity contribution is 0.603. The molecule has 0 aliphatic carbocycles. The Kier molecular flexibility index (Phi) is 5.75. The van der Waals surface area contributed by atoms with Crippen molar-refractivity contribution in [1.82, 2.24) is 0 Å². The number of hydrogen-bond donors (Lipinski definition) is 1. The van der Waals surface area contributed by atoms with E-state index >= 15 is 0 Å². The number of anilines is 1. The van der Waals surface area contributed by atoms with E-state index in [-0.39, 0.29) is 9.80 Å². The summed E-state index contributed by atoms with van der Waals surface area (Å²) in [4.78, 5) is -0.337. The van der Waals surface area contributed by atoms with Crippen LogP contribution in [0.2, 0.25) is 0 Å². The van der Waals surface area contributed by atoms with Crippen molar-refractivity contribution in [2.75, 3.05) is 5.32 Å². The van der Waals surface area contributed by atoms with Crippen molar-refractivity contribution < 1.29 is 8.42 Å².